The number of nitrogens with two attached hydrogens (primary N) is 1. The van der Waals surface area contributed by atoms with Crippen LogP contribution in [0, 0.1) is 11.8 Å². The Morgan fingerprint density at radius 2 is 1.64 bits per heavy atom. The molecule has 28 heavy (non-hydrogen) atoms. The Kier molecular flexibility index (Phi) is 6.37. The standard InChI is InChI=1S/C22H24N2O3.ClH/c23-20-11-8-17-12-24(13-19(17)20)21(25)14-27-18-9-6-16(7-10-18)22(26)15-4-2-1-3-5-15;/h1-7,9-10,17,19-20H,8,11-14,23H2;1H. The Morgan fingerprint density at radius 1 is 0.964 bits per heavy atom. The van der Waals surface area contributed by atoms with Gasteiger partial charge in [-0.3, -0.25) is 9.59 Å². The summed E-state index contributed by atoms with van der Waals surface area (Å²) in [6.45, 7) is 1.56. The monoisotopic (exact) mass is 400 g/mol. The third-order valence-corrected chi connectivity index (χ3v) is 5.78. The molecule has 0 aromatic heterocycles. The Bertz CT molecular complexity index is 825. The largest absolute Gasteiger partial charge is 0.484 e. The first kappa shape index (κ1) is 20.4. The number of likely N-dealkylation sites (tertiary alicyclic amines) is 1. The van der Waals surface area contributed by atoms with E-state index in [1.807, 2.05) is 23.1 Å². The van der Waals surface area contributed by atoms with Gasteiger partial charge in [0, 0.05) is 30.3 Å². The van der Waals surface area contributed by atoms with Gasteiger partial charge in [0.2, 0.25) is 0 Å². The smallest absolute Gasteiger partial charge is 0.260 e. The first-order chi connectivity index (χ1) is 13.1. The van der Waals surface area contributed by atoms with Gasteiger partial charge in [-0.15, -0.1) is 12.4 Å². The predicted octanol–water partition coefficient (Wildman–Crippen LogP) is 2.91. The number of carbonyl (C=O) groups is 2. The molecule has 2 aliphatic rings. The second kappa shape index (κ2) is 8.76. The number of benzene rings is 2. The molecule has 1 amide bonds. The van der Waals surface area contributed by atoms with Crippen molar-refractivity contribution in [2.45, 2.75) is 18.9 Å². The molecule has 1 aliphatic carbocycles. The van der Waals surface area contributed by atoms with Crippen LogP contribution >= 0.6 is 12.4 Å². The molecule has 0 bridgehead atoms. The zero-order valence-electron chi connectivity index (χ0n) is 15.6. The summed E-state index contributed by atoms with van der Waals surface area (Å²) in [6.07, 6.45) is 2.19. The lowest BCUT2D eigenvalue weighted by Gasteiger charge is -2.19. The first-order valence-electron chi connectivity index (χ1n) is 9.48. The van der Waals surface area contributed by atoms with Crippen LogP contribution < -0.4 is 10.5 Å². The Labute approximate surface area is 171 Å². The summed E-state index contributed by atoms with van der Waals surface area (Å²) in [4.78, 5) is 26.7. The van der Waals surface area contributed by atoms with Gasteiger partial charge in [-0.05, 0) is 48.9 Å². The van der Waals surface area contributed by atoms with Crippen molar-refractivity contribution in [3.8, 4) is 5.75 Å². The summed E-state index contributed by atoms with van der Waals surface area (Å²) >= 11 is 0. The summed E-state index contributed by atoms with van der Waals surface area (Å²) in [6, 6.07) is 16.3. The fraction of sp³-hybridized carbons (Fsp3) is 0.364. The lowest BCUT2D eigenvalue weighted by atomic mass is 9.98. The van der Waals surface area contributed by atoms with Gasteiger partial charge < -0.3 is 15.4 Å². The molecule has 3 unspecified atom stereocenters. The Morgan fingerprint density at radius 3 is 2.32 bits per heavy atom. The number of carbonyl (C=O) groups excluding carboxylic acids is 2. The normalized spacial score (nSPS) is 23.0. The van der Waals surface area contributed by atoms with E-state index < -0.39 is 0 Å². The molecule has 3 atom stereocenters. The van der Waals surface area contributed by atoms with Crippen LogP contribution in [0.2, 0.25) is 0 Å². The van der Waals surface area contributed by atoms with E-state index in [2.05, 4.69) is 0 Å². The van der Waals surface area contributed by atoms with E-state index in [1.165, 1.54) is 0 Å². The molecule has 1 saturated carbocycles. The SMILES string of the molecule is Cl.NC1CCC2CN(C(=O)COc3ccc(C(=O)c4ccccc4)cc3)CC12. The van der Waals surface area contributed by atoms with E-state index >= 15 is 0 Å². The van der Waals surface area contributed by atoms with Gasteiger partial charge >= 0.3 is 0 Å². The molecule has 2 aromatic rings. The molecule has 1 heterocycles. The molecule has 0 radical (unpaired) electrons. The van der Waals surface area contributed by atoms with E-state index in [0.717, 1.165) is 25.9 Å². The topological polar surface area (TPSA) is 72.6 Å². The number of hydrogen-bond donors (Lipinski definition) is 1. The number of ether oxygens (including phenoxy) is 1. The first-order valence-corrected chi connectivity index (χ1v) is 9.48. The van der Waals surface area contributed by atoms with Crippen molar-refractivity contribution in [2.24, 2.45) is 17.6 Å². The zero-order chi connectivity index (χ0) is 18.8. The minimum Gasteiger partial charge on any atom is -0.484 e. The highest BCUT2D eigenvalue weighted by Crippen LogP contribution is 2.37. The minimum absolute atomic E-state index is 0. The second-order valence-corrected chi connectivity index (χ2v) is 7.47. The van der Waals surface area contributed by atoms with Crippen LogP contribution in [0.25, 0.3) is 0 Å². The average Bonchev–Trinajstić information content (AvgIpc) is 3.29. The molecule has 6 heteroatoms. The number of hydrogen-bond acceptors (Lipinski definition) is 4. The molecule has 5 nitrogen and oxygen atoms in total. The molecule has 148 valence electrons. The van der Waals surface area contributed by atoms with Crippen molar-refractivity contribution in [3.05, 3.63) is 65.7 Å². The highest BCUT2D eigenvalue weighted by Gasteiger charge is 2.42. The van der Waals surface area contributed by atoms with E-state index in [-0.39, 0.29) is 36.7 Å². The third kappa shape index (κ3) is 4.21. The number of ketones is 1. The minimum atomic E-state index is -0.0295. The summed E-state index contributed by atoms with van der Waals surface area (Å²) in [5, 5.41) is 0. The molecule has 2 N–H and O–H groups in total. The third-order valence-electron chi connectivity index (χ3n) is 5.78. The van der Waals surface area contributed by atoms with Crippen LogP contribution in [0.5, 0.6) is 5.75 Å². The number of amides is 1. The van der Waals surface area contributed by atoms with Crippen molar-refractivity contribution >= 4 is 24.1 Å². The summed E-state index contributed by atoms with van der Waals surface area (Å²) in [5.41, 5.74) is 7.38. The van der Waals surface area contributed by atoms with Crippen LogP contribution in [0.15, 0.2) is 54.6 Å². The van der Waals surface area contributed by atoms with Crippen molar-refractivity contribution in [2.75, 3.05) is 19.7 Å². The van der Waals surface area contributed by atoms with Crippen molar-refractivity contribution < 1.29 is 14.3 Å². The molecule has 0 spiro atoms. The lowest BCUT2D eigenvalue weighted by Crippen LogP contribution is -2.36. The molecular formula is C22H25ClN2O3. The maximum absolute atomic E-state index is 12.4. The summed E-state index contributed by atoms with van der Waals surface area (Å²) in [7, 11) is 0. The predicted molar refractivity (Wildman–Crippen MR) is 110 cm³/mol. The van der Waals surface area contributed by atoms with Gasteiger partial charge in [0.05, 0.1) is 0 Å². The lowest BCUT2D eigenvalue weighted by molar-refractivity contribution is -0.132. The van der Waals surface area contributed by atoms with Crippen LogP contribution in [0.4, 0.5) is 0 Å². The van der Waals surface area contributed by atoms with Crippen molar-refractivity contribution in [1.82, 2.24) is 4.90 Å². The van der Waals surface area contributed by atoms with Crippen molar-refractivity contribution in [3.63, 3.8) is 0 Å². The van der Waals surface area contributed by atoms with E-state index in [9.17, 15) is 9.59 Å². The molecule has 2 aromatic carbocycles. The van der Waals surface area contributed by atoms with Gasteiger partial charge in [0.1, 0.15) is 5.75 Å². The maximum Gasteiger partial charge on any atom is 0.260 e. The molecule has 2 fully saturated rings. The van der Waals surface area contributed by atoms with Crippen LogP contribution in [-0.4, -0.2) is 42.3 Å². The molecule has 1 aliphatic heterocycles. The molecular weight excluding hydrogens is 376 g/mol. The zero-order valence-corrected chi connectivity index (χ0v) is 16.4. The number of nitrogens with zero attached hydrogens (tertiary/aromatic N) is 1. The average molecular weight is 401 g/mol. The van der Waals surface area contributed by atoms with E-state index in [4.69, 9.17) is 10.5 Å². The van der Waals surface area contributed by atoms with E-state index in [1.54, 1.807) is 36.4 Å². The fourth-order valence-electron chi connectivity index (χ4n) is 4.21. The summed E-state index contributed by atoms with van der Waals surface area (Å²) in [5.74, 6) is 1.55. The number of halogens is 1. The fourth-order valence-corrected chi connectivity index (χ4v) is 4.21. The highest BCUT2D eigenvalue weighted by atomic mass is 35.5. The maximum atomic E-state index is 12.4. The van der Waals surface area contributed by atoms with Gasteiger partial charge in [0.25, 0.3) is 5.91 Å². The summed E-state index contributed by atoms with van der Waals surface area (Å²) < 4.78 is 5.64. The van der Waals surface area contributed by atoms with Crippen LogP contribution in [0.1, 0.15) is 28.8 Å². The van der Waals surface area contributed by atoms with E-state index in [0.29, 0.717) is 28.7 Å². The Hall–Kier alpha value is -2.37. The van der Waals surface area contributed by atoms with Gasteiger partial charge in [-0.25, -0.2) is 0 Å². The van der Waals surface area contributed by atoms with Gasteiger partial charge in [-0.1, -0.05) is 30.3 Å². The molecule has 4 rings (SSSR count). The van der Waals surface area contributed by atoms with Gasteiger partial charge in [0.15, 0.2) is 12.4 Å². The number of rotatable bonds is 5. The number of fused-ring (bicyclic) bond motifs is 1. The van der Waals surface area contributed by atoms with Crippen molar-refractivity contribution in [1.29, 1.82) is 0 Å². The Balaban J connectivity index is 0.00000225. The van der Waals surface area contributed by atoms with Crippen LogP contribution in [0.3, 0.4) is 0 Å². The molecule has 1 saturated heterocycles. The highest BCUT2D eigenvalue weighted by molar-refractivity contribution is 6.08. The second-order valence-electron chi connectivity index (χ2n) is 7.47. The van der Waals surface area contributed by atoms with Crippen LogP contribution in [-0.2, 0) is 4.79 Å². The van der Waals surface area contributed by atoms with Gasteiger partial charge in [-0.2, -0.15) is 0 Å². The quantitative estimate of drug-likeness (QED) is 0.783.